The summed E-state index contributed by atoms with van der Waals surface area (Å²) < 4.78 is 1.61. The van der Waals surface area contributed by atoms with Crippen LogP contribution in [0.5, 0.6) is 0 Å². The Balaban J connectivity index is 1.95. The molecule has 0 N–H and O–H groups in total. The van der Waals surface area contributed by atoms with E-state index in [2.05, 4.69) is 76.2 Å². The lowest BCUT2D eigenvalue weighted by molar-refractivity contribution is -0.345. The van der Waals surface area contributed by atoms with Crippen LogP contribution in [0.3, 0.4) is 0 Å². The maximum Gasteiger partial charge on any atom is 0.211 e. The molecule has 248 valence electrons. The molecule has 1 aliphatic heterocycles. The Labute approximate surface area is 278 Å². The van der Waals surface area contributed by atoms with Gasteiger partial charge in [0, 0.05) is 22.3 Å². The first-order valence-corrected chi connectivity index (χ1v) is 19.3. The van der Waals surface area contributed by atoms with Gasteiger partial charge in [0.15, 0.2) is 0 Å². The number of rotatable bonds is 25. The van der Waals surface area contributed by atoms with Crippen molar-refractivity contribution in [1.29, 1.82) is 0 Å². The minimum absolute atomic E-state index is 1.04. The number of benzene rings is 2. The van der Waals surface area contributed by atoms with Crippen LogP contribution in [0, 0.1) is 0 Å². The minimum atomic E-state index is 1.04. The highest BCUT2D eigenvalue weighted by molar-refractivity contribution is 5.82. The van der Waals surface area contributed by atoms with Gasteiger partial charge in [0.05, 0.1) is 0 Å². The molecule has 0 radical (unpaired) electrons. The van der Waals surface area contributed by atoms with Crippen LogP contribution in [0.25, 0.3) is 16.9 Å². The lowest BCUT2D eigenvalue weighted by Crippen LogP contribution is -2.03. The highest BCUT2D eigenvalue weighted by Gasteiger charge is 2.35. The molecule has 3 rings (SSSR count). The lowest BCUT2D eigenvalue weighted by Gasteiger charge is -2.12. The highest BCUT2D eigenvalue weighted by Crippen LogP contribution is 2.45. The summed E-state index contributed by atoms with van der Waals surface area (Å²) in [6, 6.07) is 18.2. The molecule has 0 spiro atoms. The molecule has 2 aromatic carbocycles. The van der Waals surface area contributed by atoms with Crippen molar-refractivity contribution in [1.82, 2.24) is 0 Å². The predicted octanol–water partition coefficient (Wildman–Crippen LogP) is 14.2. The molecule has 0 amide bonds. The average Bonchev–Trinajstić information content (AvgIpc) is 3.33. The van der Waals surface area contributed by atoms with Gasteiger partial charge in [0.25, 0.3) is 0 Å². The van der Waals surface area contributed by atoms with E-state index in [9.17, 15) is 5.53 Å². The van der Waals surface area contributed by atoms with E-state index in [4.69, 9.17) is 0 Å². The topological polar surface area (TPSA) is 25.3 Å². The number of hydrogen-bond acceptors (Lipinski definition) is 0. The van der Waals surface area contributed by atoms with Gasteiger partial charge in [0.2, 0.25) is 11.4 Å². The summed E-state index contributed by atoms with van der Waals surface area (Å²) in [7, 11) is 0. The second-order valence-corrected chi connectivity index (χ2v) is 13.7. The molecule has 45 heavy (non-hydrogen) atoms. The lowest BCUT2D eigenvalue weighted by atomic mass is 9.90. The molecule has 2 nitrogen and oxygen atoms in total. The average molecular weight is 611 g/mol. The van der Waals surface area contributed by atoms with Crippen LogP contribution >= 0.6 is 0 Å². The summed E-state index contributed by atoms with van der Waals surface area (Å²) in [6.45, 7) is 9.15. The van der Waals surface area contributed by atoms with Crippen molar-refractivity contribution < 1.29 is 4.70 Å². The van der Waals surface area contributed by atoms with E-state index in [0.717, 1.165) is 37.1 Å². The van der Waals surface area contributed by atoms with E-state index in [1.165, 1.54) is 155 Å². The Morgan fingerprint density at radius 2 is 0.756 bits per heavy atom. The second-order valence-electron chi connectivity index (χ2n) is 13.7. The zero-order chi connectivity index (χ0) is 32.1. The van der Waals surface area contributed by atoms with E-state index in [-0.39, 0.29) is 0 Å². The van der Waals surface area contributed by atoms with Gasteiger partial charge in [-0.3, -0.25) is 0 Å². The van der Waals surface area contributed by atoms with Crippen LogP contribution in [-0.4, -0.2) is 4.70 Å². The van der Waals surface area contributed by atoms with E-state index in [1.807, 2.05) is 0 Å². The molecule has 1 heterocycles. The fourth-order valence-electron chi connectivity index (χ4n) is 7.03. The summed E-state index contributed by atoms with van der Waals surface area (Å²) in [5.41, 5.74) is 22.2. The molecular weight excluding hydrogens is 544 g/mol. The van der Waals surface area contributed by atoms with Crippen molar-refractivity contribution in [3.8, 4) is 0 Å². The predicted molar refractivity (Wildman–Crippen MR) is 197 cm³/mol. The Morgan fingerprint density at radius 1 is 0.422 bits per heavy atom. The minimum Gasteiger partial charge on any atom is -0.493 e. The summed E-state index contributed by atoms with van der Waals surface area (Å²) in [5.74, 6) is 0. The molecule has 0 unspecified atom stereocenters. The van der Waals surface area contributed by atoms with Gasteiger partial charge >= 0.3 is 0 Å². The largest absolute Gasteiger partial charge is 0.493 e. The molecule has 0 aliphatic carbocycles. The van der Waals surface area contributed by atoms with Gasteiger partial charge in [0.1, 0.15) is 0 Å². The first-order chi connectivity index (χ1) is 22.1. The van der Waals surface area contributed by atoms with Gasteiger partial charge in [-0.1, -0.05) is 148 Å². The monoisotopic (exact) mass is 611 g/mol. The Kier molecular flexibility index (Phi) is 18.2. The smallest absolute Gasteiger partial charge is 0.211 e. The van der Waals surface area contributed by atoms with Gasteiger partial charge in [-0.05, 0) is 86.8 Å². The zero-order valence-corrected chi connectivity index (χ0v) is 29.8. The second kappa shape index (κ2) is 22.1. The standard InChI is InChI=1S/C43H66N2/c1-5-9-13-16-18-21-27-37-29-25-31-39(35-37)42-40(32-22-15-11-7-3)41(33-23-19-17-14-10-6-2)43(45(42)44)38-30-24-28-36(34-38)26-20-12-8-4/h24-25,28-31,34-35H,5-23,26-27,32-33H2,1-4H3. The Bertz CT molecular complexity index is 1200. The van der Waals surface area contributed by atoms with Crippen molar-refractivity contribution in [3.05, 3.63) is 87.5 Å². The molecule has 0 bridgehead atoms. The van der Waals surface area contributed by atoms with Crippen molar-refractivity contribution >= 4 is 11.4 Å². The molecule has 0 atom stereocenters. The van der Waals surface area contributed by atoms with Gasteiger partial charge < -0.3 is 5.53 Å². The van der Waals surface area contributed by atoms with Crippen LogP contribution in [0.15, 0.2) is 59.7 Å². The summed E-state index contributed by atoms with van der Waals surface area (Å²) in [4.78, 5) is 0. The van der Waals surface area contributed by atoms with Gasteiger partial charge in [-0.2, -0.15) is 0 Å². The third-order valence-electron chi connectivity index (χ3n) is 9.71. The number of nitrogens with zero attached hydrogens (tertiary/aromatic N) is 2. The van der Waals surface area contributed by atoms with Gasteiger partial charge in [-0.25, -0.2) is 4.70 Å². The van der Waals surface area contributed by atoms with E-state index < -0.39 is 0 Å². The summed E-state index contributed by atoms with van der Waals surface area (Å²) in [5, 5.41) is 0. The normalized spacial score (nSPS) is 13.5. The van der Waals surface area contributed by atoms with E-state index in [0.29, 0.717) is 0 Å². The maximum absolute atomic E-state index is 12.2. The molecule has 1 aliphatic rings. The van der Waals surface area contributed by atoms with Gasteiger partial charge in [-0.15, -0.1) is 0 Å². The quantitative estimate of drug-likeness (QED) is 0.0789. The molecule has 0 saturated carbocycles. The first-order valence-electron chi connectivity index (χ1n) is 19.3. The van der Waals surface area contributed by atoms with E-state index >= 15 is 0 Å². The van der Waals surface area contributed by atoms with Crippen molar-refractivity contribution in [2.45, 2.75) is 175 Å². The van der Waals surface area contributed by atoms with Crippen LogP contribution in [-0.2, 0) is 12.8 Å². The van der Waals surface area contributed by atoms with Crippen molar-refractivity contribution in [2.24, 2.45) is 0 Å². The molecule has 2 heteroatoms. The summed E-state index contributed by atoms with van der Waals surface area (Å²) >= 11 is 0. The highest BCUT2D eigenvalue weighted by atomic mass is 15.2. The maximum atomic E-state index is 12.2. The molecule has 0 aromatic heterocycles. The van der Waals surface area contributed by atoms with Crippen LogP contribution in [0.4, 0.5) is 0 Å². The van der Waals surface area contributed by atoms with Crippen LogP contribution in [0.1, 0.15) is 185 Å². The Morgan fingerprint density at radius 3 is 1.20 bits per heavy atom. The molecule has 0 saturated heterocycles. The molecule has 2 aromatic rings. The number of aryl methyl sites for hydroxylation is 2. The summed E-state index contributed by atoms with van der Waals surface area (Å²) in [6.07, 6.45) is 28.7. The zero-order valence-electron chi connectivity index (χ0n) is 29.8. The first kappa shape index (κ1) is 37.0. The van der Waals surface area contributed by atoms with Crippen molar-refractivity contribution in [3.63, 3.8) is 0 Å². The third kappa shape index (κ3) is 12.3. The Hall–Kier alpha value is -2.48. The number of allylic oxidation sites excluding steroid dienone is 2. The number of hydrogen-bond donors (Lipinski definition) is 0. The van der Waals surface area contributed by atoms with E-state index in [1.54, 1.807) is 4.70 Å². The SMILES string of the molecule is CCCCCCCCC1=C(c2cccc(CCCCC)c2)[N+](=[N-])C(c2cccc(CCCCCCCC)c2)=C1CCCCCC. The fraction of sp³-hybridized carbons (Fsp3) is 0.628. The number of unbranched alkanes of at least 4 members (excludes halogenated alkanes) is 15. The fourth-order valence-corrected chi connectivity index (χ4v) is 7.03. The molecule has 0 fully saturated rings. The van der Waals surface area contributed by atoms with Crippen molar-refractivity contribution in [2.75, 3.05) is 0 Å². The third-order valence-corrected chi connectivity index (χ3v) is 9.71. The van der Waals surface area contributed by atoms with Crippen LogP contribution < -0.4 is 0 Å². The molecular formula is C43H66N2. The van der Waals surface area contributed by atoms with Crippen LogP contribution in [0.2, 0.25) is 0 Å².